The zero-order valence-electron chi connectivity index (χ0n) is 12.5. The molecule has 0 radical (unpaired) electrons. The summed E-state index contributed by atoms with van der Waals surface area (Å²) in [5.41, 5.74) is 1.48. The van der Waals surface area contributed by atoms with E-state index in [0.29, 0.717) is 26.5 Å². The maximum absolute atomic E-state index is 12.8. The van der Waals surface area contributed by atoms with E-state index in [1.165, 1.54) is 4.90 Å². The molecule has 122 valence electrons. The fourth-order valence-electron chi connectivity index (χ4n) is 2.40. The summed E-state index contributed by atoms with van der Waals surface area (Å²) in [6.07, 6.45) is 1.57. The van der Waals surface area contributed by atoms with Gasteiger partial charge >= 0.3 is 0 Å². The highest BCUT2D eigenvalue weighted by Gasteiger charge is 2.36. The zero-order chi connectivity index (χ0) is 17.4. The number of phenolic OH excluding ortho intramolecular Hbond substituents is 1. The number of aromatic hydroxyl groups is 1. The number of para-hydroxylation sites is 1. The van der Waals surface area contributed by atoms with Crippen LogP contribution in [0.4, 0.5) is 5.69 Å². The van der Waals surface area contributed by atoms with Crippen molar-refractivity contribution in [3.8, 4) is 5.75 Å². The van der Waals surface area contributed by atoms with E-state index in [4.69, 9.17) is 23.8 Å². The molecular weight excluding hydrogens is 412 g/mol. The Bertz CT molecular complexity index is 870. The minimum Gasteiger partial charge on any atom is -0.506 e. The van der Waals surface area contributed by atoms with E-state index < -0.39 is 0 Å². The Morgan fingerprint density at radius 3 is 2.58 bits per heavy atom. The average molecular weight is 424 g/mol. The van der Waals surface area contributed by atoms with Gasteiger partial charge in [-0.05, 0) is 42.6 Å². The van der Waals surface area contributed by atoms with Crippen LogP contribution in [0.25, 0.3) is 6.08 Å². The lowest BCUT2D eigenvalue weighted by Crippen LogP contribution is -2.30. The number of phenols is 1. The number of thiocarbonyl (C=S) groups is 1. The summed E-state index contributed by atoms with van der Waals surface area (Å²) < 4.78 is 0.702. The molecule has 0 bridgehead atoms. The molecular formula is C17H12BrClN2O2S. The minimum absolute atomic E-state index is 0.0855. The molecule has 2 aromatic rings. The van der Waals surface area contributed by atoms with Crippen LogP contribution in [0.3, 0.4) is 0 Å². The number of likely N-dealkylation sites (N-methyl/N-ethyl adjacent to an activating group) is 1. The van der Waals surface area contributed by atoms with E-state index in [2.05, 4.69) is 15.9 Å². The van der Waals surface area contributed by atoms with Crippen LogP contribution in [0.5, 0.6) is 5.75 Å². The van der Waals surface area contributed by atoms with Crippen molar-refractivity contribution < 1.29 is 9.90 Å². The summed E-state index contributed by atoms with van der Waals surface area (Å²) in [7, 11) is 1.71. The monoisotopic (exact) mass is 422 g/mol. The second-order valence-corrected chi connectivity index (χ2v) is 6.86. The molecule has 1 aliphatic heterocycles. The van der Waals surface area contributed by atoms with E-state index in [-0.39, 0.29) is 16.7 Å². The Balaban J connectivity index is 2.07. The van der Waals surface area contributed by atoms with Crippen LogP contribution in [-0.2, 0) is 4.79 Å². The fraction of sp³-hybridized carbons (Fsp3) is 0.0588. The summed E-state index contributed by atoms with van der Waals surface area (Å²) in [5.74, 6) is -0.346. The predicted molar refractivity (Wildman–Crippen MR) is 103 cm³/mol. The van der Waals surface area contributed by atoms with Crippen molar-refractivity contribution in [2.45, 2.75) is 0 Å². The number of halogens is 2. The summed E-state index contributed by atoms with van der Waals surface area (Å²) in [6, 6.07) is 12.4. The average Bonchev–Trinajstić information content (AvgIpc) is 2.76. The van der Waals surface area contributed by atoms with Crippen LogP contribution in [-0.4, -0.2) is 28.1 Å². The van der Waals surface area contributed by atoms with Crippen LogP contribution in [0, 0.1) is 0 Å². The Labute approximate surface area is 158 Å². The van der Waals surface area contributed by atoms with Crippen molar-refractivity contribution in [1.29, 1.82) is 0 Å². The van der Waals surface area contributed by atoms with Gasteiger partial charge in [-0.2, -0.15) is 0 Å². The molecule has 4 nitrogen and oxygen atoms in total. The standard InChI is InChI=1S/C17H12BrClN2O2S/c1-20-14(8-10-7-11(18)9-13(19)15(10)22)16(23)21(17(20)24)12-5-3-2-4-6-12/h2-9,22H,1H3/b14-8-. The Hall–Kier alpha value is -1.89. The first-order chi connectivity index (χ1) is 11.4. The van der Waals surface area contributed by atoms with Crippen molar-refractivity contribution in [2.75, 3.05) is 11.9 Å². The van der Waals surface area contributed by atoms with Crippen molar-refractivity contribution >= 4 is 62.5 Å². The molecule has 24 heavy (non-hydrogen) atoms. The first-order valence-electron chi connectivity index (χ1n) is 6.97. The molecule has 1 amide bonds. The lowest BCUT2D eigenvalue weighted by atomic mass is 10.1. The molecule has 3 rings (SSSR count). The highest BCUT2D eigenvalue weighted by atomic mass is 79.9. The third kappa shape index (κ3) is 2.92. The van der Waals surface area contributed by atoms with Gasteiger partial charge in [-0.1, -0.05) is 45.7 Å². The van der Waals surface area contributed by atoms with Crippen molar-refractivity contribution in [1.82, 2.24) is 4.90 Å². The summed E-state index contributed by atoms with van der Waals surface area (Å²) >= 11 is 14.7. The highest BCUT2D eigenvalue weighted by Crippen LogP contribution is 2.35. The Morgan fingerprint density at radius 2 is 1.92 bits per heavy atom. The van der Waals surface area contributed by atoms with Gasteiger partial charge in [-0.3, -0.25) is 9.69 Å². The molecule has 0 atom stereocenters. The molecule has 0 saturated carbocycles. The molecule has 0 unspecified atom stereocenters. The van der Waals surface area contributed by atoms with Crippen molar-refractivity contribution in [3.05, 3.63) is 63.2 Å². The number of hydrogen-bond donors (Lipinski definition) is 1. The van der Waals surface area contributed by atoms with E-state index in [9.17, 15) is 9.90 Å². The Morgan fingerprint density at radius 1 is 1.25 bits per heavy atom. The van der Waals surface area contributed by atoms with Gasteiger partial charge in [0.2, 0.25) is 0 Å². The first kappa shape index (κ1) is 17.0. The van der Waals surface area contributed by atoms with Gasteiger partial charge in [0.1, 0.15) is 11.4 Å². The summed E-state index contributed by atoms with van der Waals surface area (Å²) in [5, 5.41) is 10.7. The Kier molecular flexibility index (Phi) is 4.62. The van der Waals surface area contributed by atoms with Crippen molar-refractivity contribution in [3.63, 3.8) is 0 Å². The van der Waals surface area contributed by atoms with Crippen LogP contribution in [0.1, 0.15) is 5.56 Å². The topological polar surface area (TPSA) is 43.8 Å². The fourth-order valence-corrected chi connectivity index (χ4v) is 3.53. The van der Waals surface area contributed by atoms with Crippen LogP contribution >= 0.6 is 39.7 Å². The number of rotatable bonds is 2. The van der Waals surface area contributed by atoms with Gasteiger partial charge in [-0.25, -0.2) is 0 Å². The second-order valence-electron chi connectivity index (χ2n) is 5.17. The van der Waals surface area contributed by atoms with Crippen molar-refractivity contribution in [2.24, 2.45) is 0 Å². The molecule has 2 aromatic carbocycles. The minimum atomic E-state index is -0.260. The normalized spacial score (nSPS) is 16.4. The van der Waals surface area contributed by atoms with Gasteiger partial charge in [0.05, 0.1) is 10.7 Å². The van der Waals surface area contributed by atoms with E-state index in [0.717, 1.165) is 0 Å². The highest BCUT2D eigenvalue weighted by molar-refractivity contribution is 9.10. The van der Waals surface area contributed by atoms with Gasteiger partial charge in [0, 0.05) is 17.1 Å². The van der Waals surface area contributed by atoms with Crippen LogP contribution in [0.2, 0.25) is 5.02 Å². The third-order valence-corrected chi connectivity index (χ3v) is 4.83. The molecule has 1 fully saturated rings. The quantitative estimate of drug-likeness (QED) is 0.574. The second kappa shape index (κ2) is 6.55. The molecule has 0 aliphatic carbocycles. The summed E-state index contributed by atoms with van der Waals surface area (Å²) in [6.45, 7) is 0. The van der Waals surface area contributed by atoms with Crippen LogP contribution < -0.4 is 4.90 Å². The molecule has 1 aliphatic rings. The molecule has 7 heteroatoms. The lowest BCUT2D eigenvalue weighted by Gasteiger charge is -2.16. The van der Waals surface area contributed by atoms with E-state index in [1.807, 2.05) is 30.3 Å². The first-order valence-corrected chi connectivity index (χ1v) is 8.55. The van der Waals surface area contributed by atoms with E-state index >= 15 is 0 Å². The van der Waals surface area contributed by atoms with Crippen LogP contribution in [0.15, 0.2) is 52.6 Å². The number of carbonyl (C=O) groups excluding carboxylic acids is 1. The largest absolute Gasteiger partial charge is 0.506 e. The predicted octanol–water partition coefficient (Wildman–Crippen LogP) is 4.41. The molecule has 1 N–H and O–H groups in total. The number of anilines is 1. The smallest absolute Gasteiger partial charge is 0.281 e. The number of benzene rings is 2. The number of nitrogens with zero attached hydrogens (tertiary/aromatic N) is 2. The number of amides is 1. The maximum Gasteiger partial charge on any atom is 0.281 e. The van der Waals surface area contributed by atoms with Gasteiger partial charge in [0.15, 0.2) is 5.11 Å². The summed E-state index contributed by atoms with van der Waals surface area (Å²) in [4.78, 5) is 15.9. The zero-order valence-corrected chi connectivity index (χ0v) is 15.7. The third-order valence-electron chi connectivity index (χ3n) is 3.63. The van der Waals surface area contributed by atoms with Gasteiger partial charge in [0.25, 0.3) is 5.91 Å². The van der Waals surface area contributed by atoms with Gasteiger partial charge in [-0.15, -0.1) is 0 Å². The lowest BCUT2D eigenvalue weighted by molar-refractivity contribution is -0.114. The number of carbonyl (C=O) groups is 1. The van der Waals surface area contributed by atoms with E-state index in [1.54, 1.807) is 30.2 Å². The maximum atomic E-state index is 12.8. The number of hydrogen-bond acceptors (Lipinski definition) is 3. The molecule has 1 heterocycles. The molecule has 1 saturated heterocycles. The molecule has 0 spiro atoms. The van der Waals surface area contributed by atoms with Gasteiger partial charge < -0.3 is 10.0 Å². The molecule has 0 aromatic heterocycles. The SMILES string of the molecule is CN1C(=S)N(c2ccccc2)C(=O)/C1=C/c1cc(Br)cc(Cl)c1O.